The van der Waals surface area contributed by atoms with Crippen LogP contribution in [-0.2, 0) is 16.0 Å². The summed E-state index contributed by atoms with van der Waals surface area (Å²) in [4.78, 5) is 16.5. The third-order valence-corrected chi connectivity index (χ3v) is 10.4. The average Bonchev–Trinajstić information content (AvgIpc) is 3.03. The van der Waals surface area contributed by atoms with Crippen LogP contribution in [0.1, 0.15) is 82.6 Å². The van der Waals surface area contributed by atoms with E-state index in [2.05, 4.69) is 32.8 Å². The lowest BCUT2D eigenvalue weighted by Gasteiger charge is -2.42. The summed E-state index contributed by atoms with van der Waals surface area (Å²) in [5.74, 6) is 5.77. The van der Waals surface area contributed by atoms with Crippen molar-refractivity contribution < 1.29 is 39.8 Å². The number of aliphatic imine (C=N–C) groups is 1. The summed E-state index contributed by atoms with van der Waals surface area (Å²) in [5, 5.41) is 64.4. The number of esters is 1. The van der Waals surface area contributed by atoms with Gasteiger partial charge in [-0.25, -0.2) is 0 Å². The van der Waals surface area contributed by atoms with Crippen molar-refractivity contribution in [2.75, 3.05) is 33.7 Å². The lowest BCUT2D eigenvalue weighted by atomic mass is 9.72. The van der Waals surface area contributed by atoms with Crippen LogP contribution in [0.25, 0.3) is 0 Å². The van der Waals surface area contributed by atoms with Crippen molar-refractivity contribution in [1.82, 2.24) is 16.0 Å². The highest BCUT2D eigenvalue weighted by molar-refractivity contribution is 5.77. The van der Waals surface area contributed by atoms with Crippen molar-refractivity contribution in [3.8, 4) is 23.3 Å². The Bertz CT molecular complexity index is 1340. The van der Waals surface area contributed by atoms with Crippen LogP contribution >= 0.6 is 0 Å². The Morgan fingerprint density at radius 3 is 2.67 bits per heavy atom. The number of carbonyl (C=O) groups is 1. The summed E-state index contributed by atoms with van der Waals surface area (Å²) >= 11 is 0. The minimum atomic E-state index is -1.89. The van der Waals surface area contributed by atoms with Gasteiger partial charge in [0.05, 0.1) is 17.6 Å². The molecule has 1 aliphatic carbocycles. The smallest absolute Gasteiger partial charge is 0.302 e. The molecule has 0 spiro atoms. The van der Waals surface area contributed by atoms with E-state index in [1.165, 1.54) is 13.0 Å². The number of phenols is 1. The molecule has 0 radical (unpaired) electrons. The molecule has 0 aromatic heterocycles. The molecule has 4 bridgehead atoms. The molecule has 4 rings (SSSR count). The van der Waals surface area contributed by atoms with Crippen molar-refractivity contribution in [2.45, 2.75) is 108 Å². The molecule has 0 saturated carbocycles. The van der Waals surface area contributed by atoms with Crippen LogP contribution in [0.15, 0.2) is 17.1 Å². The zero-order valence-electron chi connectivity index (χ0n) is 28.7. The van der Waals surface area contributed by atoms with Crippen LogP contribution in [0.3, 0.4) is 0 Å². The predicted octanol–water partition coefficient (Wildman–Crippen LogP) is 0.804. The molecule has 0 unspecified atom stereocenters. The fourth-order valence-electron chi connectivity index (χ4n) is 7.67. The van der Waals surface area contributed by atoms with E-state index in [9.17, 15) is 30.3 Å². The highest BCUT2D eigenvalue weighted by atomic mass is 16.5. The van der Waals surface area contributed by atoms with Gasteiger partial charge in [0.15, 0.2) is 23.7 Å². The number of nitrogens with two attached hydrogens (primary N) is 1. The lowest BCUT2D eigenvalue weighted by Crippen LogP contribution is -2.58. The Labute approximate surface area is 283 Å². The van der Waals surface area contributed by atoms with Gasteiger partial charge in [0.2, 0.25) is 0 Å². The molecule has 2 heterocycles. The number of hydrogen-bond donors (Lipinski definition) is 9. The van der Waals surface area contributed by atoms with Gasteiger partial charge in [-0.1, -0.05) is 18.3 Å². The van der Waals surface area contributed by atoms with Crippen LogP contribution < -0.4 is 26.4 Å². The summed E-state index contributed by atoms with van der Waals surface area (Å²) < 4.78 is 12.4. The number of nitrogens with one attached hydrogen (secondary N) is 3. The number of aliphatic hydroxyl groups excluding tert-OH is 3. The summed E-state index contributed by atoms with van der Waals surface area (Å²) in [6.07, 6.45) is -0.115. The summed E-state index contributed by atoms with van der Waals surface area (Å²) in [6, 6.07) is 2.96. The van der Waals surface area contributed by atoms with Gasteiger partial charge < -0.3 is 56.7 Å². The number of phenolic OH excluding ortho intramolecular Hbond substituents is 1. The molecule has 2 aliphatic heterocycles. The molecule has 1 aromatic carbocycles. The van der Waals surface area contributed by atoms with E-state index in [1.807, 2.05) is 7.05 Å². The standard InChI is InChI=1S/C35H55N5O8/c1-21(41)34(19-39-33(36)38-4)11-7-23-6-5-10-35(20-37-3)18-26(9-13-40-35)48-31-15-24(28(32(45)46)17-29(31)44)14-27(23)30(47-22(2)42)16-25(43)8-12-34/h15,17,21,23,25-27,30,32,37,40-41,43-46H,5-6,8-10,12-14,16,18-20H2,1-4H3,(H3,36,38,39)/t21-,23+,25-,26+,27+,30-,34-,35+/m0/s1. The van der Waals surface area contributed by atoms with Crippen LogP contribution in [0, 0.1) is 29.1 Å². The first-order valence-corrected chi connectivity index (χ1v) is 17.1. The van der Waals surface area contributed by atoms with Gasteiger partial charge in [-0.3, -0.25) is 9.79 Å². The van der Waals surface area contributed by atoms with Gasteiger partial charge >= 0.3 is 5.97 Å². The highest BCUT2D eigenvalue weighted by Crippen LogP contribution is 2.41. The van der Waals surface area contributed by atoms with Crippen molar-refractivity contribution >= 4 is 11.9 Å². The zero-order chi connectivity index (χ0) is 35.1. The minimum Gasteiger partial charge on any atom is -0.504 e. The zero-order valence-corrected chi connectivity index (χ0v) is 28.7. The first-order chi connectivity index (χ1) is 22.8. The van der Waals surface area contributed by atoms with Crippen molar-refractivity contribution in [2.24, 2.45) is 28.0 Å². The Kier molecular flexibility index (Phi) is 13.0. The van der Waals surface area contributed by atoms with Gasteiger partial charge in [0.1, 0.15) is 12.2 Å². The Morgan fingerprint density at radius 2 is 2.00 bits per heavy atom. The van der Waals surface area contributed by atoms with Gasteiger partial charge in [0, 0.05) is 62.8 Å². The van der Waals surface area contributed by atoms with Crippen LogP contribution in [-0.4, -0.2) is 101 Å². The molecule has 48 heavy (non-hydrogen) atoms. The second-order valence-corrected chi connectivity index (χ2v) is 13.9. The quantitative estimate of drug-likeness (QED) is 0.0647. The number of hydrogen-bond acceptors (Lipinski definition) is 11. The molecule has 13 nitrogen and oxygen atoms in total. The number of nitrogens with zero attached hydrogens (tertiary/aromatic N) is 1. The van der Waals surface area contributed by atoms with E-state index in [0.29, 0.717) is 31.4 Å². The number of likely N-dealkylation sites (N-methyl/N-ethyl adjacent to an activating group) is 1. The van der Waals surface area contributed by atoms with Gasteiger partial charge in [0.25, 0.3) is 0 Å². The molecule has 1 fully saturated rings. The Morgan fingerprint density at radius 1 is 1.23 bits per heavy atom. The van der Waals surface area contributed by atoms with E-state index < -0.39 is 47.8 Å². The fraction of sp³-hybridized carbons (Fsp3) is 0.714. The first-order valence-electron chi connectivity index (χ1n) is 17.1. The average molecular weight is 674 g/mol. The maximum Gasteiger partial charge on any atom is 0.302 e. The van der Waals surface area contributed by atoms with E-state index in [0.717, 1.165) is 25.8 Å². The van der Waals surface area contributed by atoms with Gasteiger partial charge in [-0.2, -0.15) is 0 Å². The number of aromatic hydroxyl groups is 1. The number of fused-ring (bicyclic) bond motifs is 5. The molecule has 1 saturated heterocycles. The fourth-order valence-corrected chi connectivity index (χ4v) is 7.67. The monoisotopic (exact) mass is 673 g/mol. The molecule has 0 amide bonds. The van der Waals surface area contributed by atoms with Crippen molar-refractivity contribution in [3.63, 3.8) is 0 Å². The molecular formula is C35H55N5O8. The Hall–Kier alpha value is -3.12. The lowest BCUT2D eigenvalue weighted by molar-refractivity contribution is -0.152. The van der Waals surface area contributed by atoms with E-state index >= 15 is 0 Å². The summed E-state index contributed by atoms with van der Waals surface area (Å²) in [5.41, 5.74) is 5.31. The summed E-state index contributed by atoms with van der Waals surface area (Å²) in [7, 11) is 3.48. The SMILES string of the molecule is CN=C(N)NC[C@]1([C@H](C)O)C#C[C@H]2CCC[C@]3(CNC)C[C@@H](CCN3)Oc3cc(c(C(O)O)cc3O)C[C@H]2[C@@H](OC(C)=O)C[C@@H](O)CC1. The number of guanidine groups is 1. The molecule has 13 heteroatoms. The molecule has 10 N–H and O–H groups in total. The van der Waals surface area contributed by atoms with Crippen molar-refractivity contribution in [1.29, 1.82) is 0 Å². The van der Waals surface area contributed by atoms with E-state index in [4.69, 9.17) is 15.2 Å². The maximum atomic E-state index is 12.5. The predicted molar refractivity (Wildman–Crippen MR) is 181 cm³/mol. The van der Waals surface area contributed by atoms with Gasteiger partial charge in [-0.15, -0.1) is 0 Å². The van der Waals surface area contributed by atoms with Gasteiger partial charge in [-0.05, 0) is 76.7 Å². The van der Waals surface area contributed by atoms with E-state index in [-0.39, 0.29) is 60.5 Å². The maximum absolute atomic E-state index is 12.5. The number of benzene rings is 1. The molecule has 8 atom stereocenters. The number of rotatable bonds is 7. The third-order valence-electron chi connectivity index (χ3n) is 10.4. The molecule has 268 valence electrons. The number of carbonyl (C=O) groups excluding carboxylic acids is 1. The number of piperidine rings is 1. The topological polar surface area (TPSA) is 211 Å². The first kappa shape index (κ1) is 37.7. The second-order valence-electron chi connectivity index (χ2n) is 13.9. The minimum absolute atomic E-state index is 0.104. The van der Waals surface area contributed by atoms with Crippen LogP contribution in [0.5, 0.6) is 11.5 Å². The Balaban J connectivity index is 1.92. The summed E-state index contributed by atoms with van der Waals surface area (Å²) in [6.45, 7) is 4.63. The second kappa shape index (κ2) is 16.5. The number of ether oxygens (including phenoxy) is 2. The normalized spacial score (nSPS) is 32.1. The third kappa shape index (κ3) is 9.31. The molecule has 3 aliphatic rings. The molecular weight excluding hydrogens is 618 g/mol. The van der Waals surface area contributed by atoms with Crippen LogP contribution in [0.2, 0.25) is 0 Å². The van der Waals surface area contributed by atoms with Crippen LogP contribution in [0.4, 0.5) is 0 Å². The highest BCUT2D eigenvalue weighted by Gasteiger charge is 2.41. The molecule has 1 aromatic rings. The largest absolute Gasteiger partial charge is 0.504 e. The van der Waals surface area contributed by atoms with E-state index in [1.54, 1.807) is 20.0 Å². The number of aliphatic hydroxyl groups is 4. The van der Waals surface area contributed by atoms with Crippen molar-refractivity contribution in [3.05, 3.63) is 23.3 Å².